The molecule has 2 aliphatic rings. The van der Waals surface area contributed by atoms with Crippen LogP contribution in [0.1, 0.15) is 39.0 Å². The fraction of sp³-hybridized carbons (Fsp3) is 0.846. The molecule has 2 amide bonds. The van der Waals surface area contributed by atoms with Crippen molar-refractivity contribution in [3.8, 4) is 0 Å². The highest BCUT2D eigenvalue weighted by Crippen LogP contribution is 2.11. The molecule has 2 aliphatic heterocycles. The fourth-order valence-corrected chi connectivity index (χ4v) is 2.69. The number of rotatable bonds is 3. The molecular formula is C13H23N3O2. The van der Waals surface area contributed by atoms with Crippen LogP contribution in [0.4, 0.5) is 0 Å². The lowest BCUT2D eigenvalue weighted by Gasteiger charge is -2.31. The normalized spacial score (nSPS) is 26.6. The molecule has 102 valence electrons. The van der Waals surface area contributed by atoms with E-state index in [1.807, 2.05) is 11.8 Å². The van der Waals surface area contributed by atoms with E-state index in [4.69, 9.17) is 0 Å². The highest BCUT2D eigenvalue weighted by atomic mass is 16.2. The molecule has 2 fully saturated rings. The van der Waals surface area contributed by atoms with Gasteiger partial charge < -0.3 is 10.2 Å². The minimum atomic E-state index is -0.267. The lowest BCUT2D eigenvalue weighted by molar-refractivity contribution is -0.134. The molecule has 2 heterocycles. The molecule has 5 nitrogen and oxygen atoms in total. The highest BCUT2D eigenvalue weighted by molar-refractivity contribution is 5.85. The third-order valence-electron chi connectivity index (χ3n) is 3.77. The molecule has 0 aromatic rings. The minimum Gasteiger partial charge on any atom is -0.355 e. The summed E-state index contributed by atoms with van der Waals surface area (Å²) < 4.78 is 0. The van der Waals surface area contributed by atoms with E-state index in [1.165, 1.54) is 6.42 Å². The van der Waals surface area contributed by atoms with Crippen molar-refractivity contribution in [2.75, 3.05) is 19.6 Å². The lowest BCUT2D eigenvalue weighted by Crippen LogP contribution is -2.55. The van der Waals surface area contributed by atoms with Gasteiger partial charge in [0.05, 0.1) is 12.1 Å². The maximum Gasteiger partial charge on any atom is 0.239 e. The van der Waals surface area contributed by atoms with Gasteiger partial charge in [-0.2, -0.15) is 0 Å². The topological polar surface area (TPSA) is 61.4 Å². The summed E-state index contributed by atoms with van der Waals surface area (Å²) in [5.41, 5.74) is 0. The van der Waals surface area contributed by atoms with Crippen LogP contribution in [0.15, 0.2) is 0 Å². The Morgan fingerprint density at radius 2 is 2.06 bits per heavy atom. The summed E-state index contributed by atoms with van der Waals surface area (Å²) in [6.07, 6.45) is 5.22. The Hall–Kier alpha value is -1.10. The smallest absolute Gasteiger partial charge is 0.239 e. The molecule has 0 bridgehead atoms. The van der Waals surface area contributed by atoms with Gasteiger partial charge in [0, 0.05) is 19.6 Å². The maximum atomic E-state index is 12.2. The van der Waals surface area contributed by atoms with Crippen molar-refractivity contribution in [1.29, 1.82) is 0 Å². The average molecular weight is 253 g/mol. The number of carbonyl (C=O) groups excluding carboxylic acids is 2. The van der Waals surface area contributed by atoms with Gasteiger partial charge in [-0.1, -0.05) is 0 Å². The summed E-state index contributed by atoms with van der Waals surface area (Å²) in [6, 6.07) is -0.473. The lowest BCUT2D eigenvalue weighted by atomic mass is 10.0. The van der Waals surface area contributed by atoms with Gasteiger partial charge in [-0.05, 0) is 39.0 Å². The largest absolute Gasteiger partial charge is 0.355 e. The second-order valence-corrected chi connectivity index (χ2v) is 5.26. The van der Waals surface area contributed by atoms with Gasteiger partial charge in [0.2, 0.25) is 11.8 Å². The molecule has 2 unspecified atom stereocenters. The Bertz CT molecular complexity index is 313. The van der Waals surface area contributed by atoms with Crippen LogP contribution in [0.3, 0.4) is 0 Å². The molecule has 2 saturated heterocycles. The Morgan fingerprint density at radius 1 is 1.33 bits per heavy atom. The maximum absolute atomic E-state index is 12.2. The molecule has 0 saturated carbocycles. The van der Waals surface area contributed by atoms with Crippen LogP contribution in [0.25, 0.3) is 0 Å². The first kappa shape index (κ1) is 13.3. The Kier molecular flexibility index (Phi) is 4.58. The third-order valence-corrected chi connectivity index (χ3v) is 3.77. The molecule has 2 atom stereocenters. The van der Waals surface area contributed by atoms with Crippen molar-refractivity contribution in [3.63, 3.8) is 0 Å². The Morgan fingerprint density at radius 3 is 2.72 bits per heavy atom. The number of nitrogens with zero attached hydrogens (tertiary/aromatic N) is 1. The predicted octanol–water partition coefficient (Wildman–Crippen LogP) is 0.256. The average Bonchev–Trinajstić information content (AvgIpc) is 2.41. The molecule has 18 heavy (non-hydrogen) atoms. The van der Waals surface area contributed by atoms with Gasteiger partial charge in [0.1, 0.15) is 0 Å². The van der Waals surface area contributed by atoms with Crippen LogP contribution in [0.5, 0.6) is 0 Å². The summed E-state index contributed by atoms with van der Waals surface area (Å²) in [5.74, 6) is 0.160. The zero-order valence-electron chi connectivity index (χ0n) is 11.1. The van der Waals surface area contributed by atoms with E-state index in [9.17, 15) is 9.59 Å². The molecule has 0 aliphatic carbocycles. The molecule has 2 rings (SSSR count). The summed E-state index contributed by atoms with van der Waals surface area (Å²) >= 11 is 0. The molecule has 0 aromatic heterocycles. The van der Waals surface area contributed by atoms with E-state index in [2.05, 4.69) is 10.6 Å². The second kappa shape index (κ2) is 6.18. The van der Waals surface area contributed by atoms with Crippen LogP contribution in [-0.2, 0) is 9.59 Å². The number of nitrogens with one attached hydrogen (secondary N) is 2. The summed E-state index contributed by atoms with van der Waals surface area (Å²) in [5, 5.41) is 5.99. The van der Waals surface area contributed by atoms with Crippen LogP contribution >= 0.6 is 0 Å². The van der Waals surface area contributed by atoms with E-state index in [0.717, 1.165) is 45.3 Å². The van der Waals surface area contributed by atoms with Gasteiger partial charge in [-0.3, -0.25) is 14.9 Å². The Labute approximate surface area is 108 Å². The molecule has 5 heteroatoms. The van der Waals surface area contributed by atoms with Crippen molar-refractivity contribution in [1.82, 2.24) is 15.5 Å². The van der Waals surface area contributed by atoms with Crippen LogP contribution < -0.4 is 10.6 Å². The number of amides is 2. The first-order chi connectivity index (χ1) is 8.68. The van der Waals surface area contributed by atoms with Gasteiger partial charge >= 0.3 is 0 Å². The molecule has 2 N–H and O–H groups in total. The number of hydrogen-bond acceptors (Lipinski definition) is 3. The van der Waals surface area contributed by atoms with Crippen LogP contribution in [0, 0.1) is 0 Å². The zero-order valence-corrected chi connectivity index (χ0v) is 11.1. The van der Waals surface area contributed by atoms with E-state index >= 15 is 0 Å². The van der Waals surface area contributed by atoms with Crippen molar-refractivity contribution in [3.05, 3.63) is 0 Å². The first-order valence-electron chi connectivity index (χ1n) is 7.01. The summed E-state index contributed by atoms with van der Waals surface area (Å²) in [7, 11) is 0. The van der Waals surface area contributed by atoms with Crippen molar-refractivity contribution in [2.45, 2.75) is 51.1 Å². The van der Waals surface area contributed by atoms with E-state index in [-0.39, 0.29) is 23.9 Å². The van der Waals surface area contributed by atoms with Gasteiger partial charge in [-0.15, -0.1) is 0 Å². The van der Waals surface area contributed by atoms with Crippen LogP contribution in [0.2, 0.25) is 0 Å². The van der Waals surface area contributed by atoms with E-state index in [0.29, 0.717) is 0 Å². The van der Waals surface area contributed by atoms with Crippen molar-refractivity contribution in [2.24, 2.45) is 0 Å². The molecule has 0 radical (unpaired) electrons. The van der Waals surface area contributed by atoms with Gasteiger partial charge in [-0.25, -0.2) is 0 Å². The van der Waals surface area contributed by atoms with Crippen molar-refractivity contribution < 1.29 is 9.59 Å². The highest BCUT2D eigenvalue weighted by Gasteiger charge is 2.28. The number of likely N-dealkylation sites (tertiary alicyclic amines) is 1. The summed E-state index contributed by atoms with van der Waals surface area (Å²) in [6.45, 7) is 4.34. The first-order valence-corrected chi connectivity index (χ1v) is 7.01. The number of hydrogen-bond donors (Lipinski definition) is 2. The molecule has 0 aromatic carbocycles. The monoisotopic (exact) mass is 253 g/mol. The SMILES string of the molecule is CC(NC1CCCNC1=O)C(=O)N1CCCCC1. The minimum absolute atomic E-state index is 0.0274. The molecular weight excluding hydrogens is 230 g/mol. The predicted molar refractivity (Wildman–Crippen MR) is 69.1 cm³/mol. The second-order valence-electron chi connectivity index (χ2n) is 5.26. The molecule has 0 spiro atoms. The van der Waals surface area contributed by atoms with E-state index < -0.39 is 0 Å². The van der Waals surface area contributed by atoms with E-state index in [1.54, 1.807) is 0 Å². The summed E-state index contributed by atoms with van der Waals surface area (Å²) in [4.78, 5) is 25.8. The number of piperidine rings is 2. The quantitative estimate of drug-likeness (QED) is 0.758. The zero-order chi connectivity index (χ0) is 13.0. The third kappa shape index (κ3) is 3.22. The van der Waals surface area contributed by atoms with Crippen LogP contribution in [-0.4, -0.2) is 48.4 Å². The fourth-order valence-electron chi connectivity index (χ4n) is 2.69. The van der Waals surface area contributed by atoms with Crippen molar-refractivity contribution >= 4 is 11.8 Å². The van der Waals surface area contributed by atoms with Gasteiger partial charge in [0.25, 0.3) is 0 Å². The van der Waals surface area contributed by atoms with Gasteiger partial charge in [0.15, 0.2) is 0 Å². The Balaban J connectivity index is 1.84. The number of carbonyl (C=O) groups is 2. The standard InChI is InChI=1S/C13H23N3O2/c1-10(13(18)16-8-3-2-4-9-16)15-11-6-5-7-14-12(11)17/h10-11,15H,2-9H2,1H3,(H,14,17).